The first-order chi connectivity index (χ1) is 11.5. The standard InChI is InChI=1S/C18H19N3O3/c1-12-6-2-5-9-15(12)21-17(23)16(22)20(18(21)24)11-14-8-4-3-7-13(14)10-19/h3-4,7-8,12,15H,2,5-6,9,11H2,1H3/t12-,15+/m1/s1. The van der Waals surface area contributed by atoms with Crippen LogP contribution in [0.15, 0.2) is 24.3 Å². The molecule has 1 aromatic rings. The van der Waals surface area contributed by atoms with Gasteiger partial charge in [-0.05, 0) is 30.4 Å². The molecule has 0 radical (unpaired) electrons. The van der Waals surface area contributed by atoms with Crippen molar-refractivity contribution in [3.63, 3.8) is 0 Å². The first-order valence-electron chi connectivity index (χ1n) is 8.21. The van der Waals surface area contributed by atoms with Crippen LogP contribution in [0.5, 0.6) is 0 Å². The summed E-state index contributed by atoms with van der Waals surface area (Å²) in [4.78, 5) is 39.5. The Bertz CT molecular complexity index is 737. The summed E-state index contributed by atoms with van der Waals surface area (Å²) in [6.07, 6.45) is 3.74. The quantitative estimate of drug-likeness (QED) is 0.631. The third kappa shape index (κ3) is 2.67. The number of rotatable bonds is 3. The third-order valence-corrected chi connectivity index (χ3v) is 4.95. The summed E-state index contributed by atoms with van der Waals surface area (Å²) in [7, 11) is 0. The number of nitriles is 1. The molecule has 24 heavy (non-hydrogen) atoms. The smallest absolute Gasteiger partial charge is 0.263 e. The summed E-state index contributed by atoms with van der Waals surface area (Å²) in [5.41, 5.74) is 0.961. The Kier molecular flexibility index (Phi) is 4.34. The van der Waals surface area contributed by atoms with Gasteiger partial charge in [-0.1, -0.05) is 38.0 Å². The summed E-state index contributed by atoms with van der Waals surface area (Å²) in [6.45, 7) is 1.97. The molecule has 1 heterocycles. The van der Waals surface area contributed by atoms with E-state index in [2.05, 4.69) is 0 Å². The van der Waals surface area contributed by atoms with E-state index < -0.39 is 17.8 Å². The predicted molar refractivity (Wildman–Crippen MR) is 85.4 cm³/mol. The van der Waals surface area contributed by atoms with Crippen molar-refractivity contribution in [1.29, 1.82) is 5.26 Å². The van der Waals surface area contributed by atoms with Crippen LogP contribution in [-0.2, 0) is 16.1 Å². The van der Waals surface area contributed by atoms with Crippen molar-refractivity contribution in [3.8, 4) is 6.07 Å². The Labute approximate surface area is 140 Å². The van der Waals surface area contributed by atoms with Crippen LogP contribution >= 0.6 is 0 Å². The summed E-state index contributed by atoms with van der Waals surface area (Å²) in [5, 5.41) is 9.15. The lowest BCUT2D eigenvalue weighted by atomic mass is 9.85. The summed E-state index contributed by atoms with van der Waals surface area (Å²) in [5.74, 6) is -1.34. The molecule has 2 fully saturated rings. The highest BCUT2D eigenvalue weighted by Gasteiger charge is 2.49. The Balaban J connectivity index is 1.85. The molecule has 0 unspecified atom stereocenters. The fourth-order valence-corrected chi connectivity index (χ4v) is 3.57. The van der Waals surface area contributed by atoms with Gasteiger partial charge in [-0.15, -0.1) is 0 Å². The molecule has 6 nitrogen and oxygen atoms in total. The lowest BCUT2D eigenvalue weighted by Crippen LogP contribution is -2.46. The van der Waals surface area contributed by atoms with Gasteiger partial charge < -0.3 is 0 Å². The topological polar surface area (TPSA) is 81.5 Å². The minimum atomic E-state index is -0.800. The van der Waals surface area contributed by atoms with Gasteiger partial charge in [0.15, 0.2) is 0 Å². The lowest BCUT2D eigenvalue weighted by Gasteiger charge is -2.34. The first-order valence-corrected chi connectivity index (χ1v) is 8.21. The van der Waals surface area contributed by atoms with Crippen LogP contribution in [-0.4, -0.2) is 33.7 Å². The largest absolute Gasteiger partial charge is 0.334 e. The van der Waals surface area contributed by atoms with Gasteiger partial charge in [0.25, 0.3) is 0 Å². The zero-order valence-electron chi connectivity index (χ0n) is 13.6. The highest BCUT2D eigenvalue weighted by atomic mass is 16.2. The molecule has 1 aromatic carbocycles. The summed E-state index contributed by atoms with van der Waals surface area (Å²) >= 11 is 0. The highest BCUT2D eigenvalue weighted by Crippen LogP contribution is 2.31. The molecule has 4 amide bonds. The van der Waals surface area contributed by atoms with E-state index >= 15 is 0 Å². The maximum atomic E-state index is 12.7. The number of benzene rings is 1. The van der Waals surface area contributed by atoms with Crippen LogP contribution in [0, 0.1) is 17.2 Å². The number of carbonyl (C=O) groups excluding carboxylic acids is 3. The molecule has 1 aliphatic heterocycles. The highest BCUT2D eigenvalue weighted by molar-refractivity contribution is 6.44. The van der Waals surface area contributed by atoms with Crippen molar-refractivity contribution < 1.29 is 14.4 Å². The second-order valence-electron chi connectivity index (χ2n) is 6.45. The van der Waals surface area contributed by atoms with Crippen LogP contribution in [0.1, 0.15) is 43.7 Å². The zero-order chi connectivity index (χ0) is 17.3. The minimum Gasteiger partial charge on any atom is -0.263 e. The second kappa shape index (κ2) is 6.44. The van der Waals surface area contributed by atoms with Gasteiger partial charge in [-0.3, -0.25) is 19.4 Å². The molecule has 3 rings (SSSR count). The van der Waals surface area contributed by atoms with Crippen molar-refractivity contribution >= 4 is 17.8 Å². The maximum absolute atomic E-state index is 12.7. The minimum absolute atomic E-state index is 0.0509. The average Bonchev–Trinajstić information content (AvgIpc) is 2.80. The summed E-state index contributed by atoms with van der Waals surface area (Å²) < 4.78 is 0. The lowest BCUT2D eigenvalue weighted by molar-refractivity contribution is -0.144. The number of nitrogens with zero attached hydrogens (tertiary/aromatic N) is 3. The van der Waals surface area contributed by atoms with Gasteiger partial charge in [0.2, 0.25) is 0 Å². The van der Waals surface area contributed by atoms with Gasteiger partial charge in [0.05, 0.1) is 18.2 Å². The van der Waals surface area contributed by atoms with E-state index in [9.17, 15) is 14.4 Å². The monoisotopic (exact) mass is 325 g/mol. The molecule has 1 aliphatic carbocycles. The molecule has 2 aliphatic rings. The second-order valence-corrected chi connectivity index (χ2v) is 6.45. The normalized spacial score (nSPS) is 24.4. The molecule has 0 N–H and O–H groups in total. The molecular formula is C18H19N3O3. The van der Waals surface area contributed by atoms with Crippen molar-refractivity contribution in [2.45, 2.75) is 45.2 Å². The molecule has 0 spiro atoms. The number of hydrogen-bond donors (Lipinski definition) is 0. The van der Waals surface area contributed by atoms with Gasteiger partial charge in [-0.25, -0.2) is 4.79 Å². The van der Waals surface area contributed by atoms with Gasteiger partial charge in [-0.2, -0.15) is 5.26 Å². The average molecular weight is 325 g/mol. The fourth-order valence-electron chi connectivity index (χ4n) is 3.57. The van der Waals surface area contributed by atoms with Crippen LogP contribution in [0.4, 0.5) is 4.79 Å². The number of imide groups is 2. The zero-order valence-corrected chi connectivity index (χ0v) is 13.6. The van der Waals surface area contributed by atoms with Gasteiger partial charge in [0.1, 0.15) is 0 Å². The van der Waals surface area contributed by atoms with E-state index in [1.54, 1.807) is 24.3 Å². The van der Waals surface area contributed by atoms with E-state index in [-0.39, 0.29) is 18.5 Å². The maximum Gasteiger partial charge on any atom is 0.334 e. The SMILES string of the molecule is C[C@@H]1CCCC[C@@H]1N1C(=O)C(=O)N(Cc2ccccc2C#N)C1=O. The van der Waals surface area contributed by atoms with Crippen LogP contribution in [0.2, 0.25) is 0 Å². The van der Waals surface area contributed by atoms with Crippen molar-refractivity contribution in [1.82, 2.24) is 9.80 Å². The van der Waals surface area contributed by atoms with Crippen molar-refractivity contribution in [2.24, 2.45) is 5.92 Å². The third-order valence-electron chi connectivity index (χ3n) is 4.95. The molecule has 1 saturated carbocycles. The van der Waals surface area contributed by atoms with Crippen LogP contribution < -0.4 is 0 Å². The molecule has 0 bridgehead atoms. The number of carbonyl (C=O) groups is 3. The van der Waals surface area contributed by atoms with Crippen molar-refractivity contribution in [3.05, 3.63) is 35.4 Å². The molecule has 1 saturated heterocycles. The van der Waals surface area contributed by atoms with Crippen LogP contribution in [0.25, 0.3) is 0 Å². The van der Waals surface area contributed by atoms with Crippen molar-refractivity contribution in [2.75, 3.05) is 0 Å². The van der Waals surface area contributed by atoms with Gasteiger partial charge >= 0.3 is 17.8 Å². The van der Waals surface area contributed by atoms with E-state index in [1.807, 2.05) is 13.0 Å². The number of hydrogen-bond acceptors (Lipinski definition) is 4. The fraction of sp³-hybridized carbons (Fsp3) is 0.444. The van der Waals surface area contributed by atoms with E-state index in [0.717, 1.165) is 35.5 Å². The van der Waals surface area contributed by atoms with E-state index in [0.29, 0.717) is 11.1 Å². The van der Waals surface area contributed by atoms with E-state index in [1.165, 1.54) is 0 Å². The van der Waals surface area contributed by atoms with E-state index in [4.69, 9.17) is 5.26 Å². The van der Waals surface area contributed by atoms with Crippen LogP contribution in [0.3, 0.4) is 0 Å². The molecule has 124 valence electrons. The predicted octanol–water partition coefficient (Wildman–Crippen LogP) is 2.43. The number of amides is 4. The Morgan fingerprint density at radius 2 is 1.83 bits per heavy atom. The molecular weight excluding hydrogens is 306 g/mol. The molecule has 0 aromatic heterocycles. The first kappa shape index (κ1) is 16.2. The Morgan fingerprint density at radius 3 is 2.54 bits per heavy atom. The Morgan fingerprint density at radius 1 is 1.12 bits per heavy atom. The van der Waals surface area contributed by atoms with Gasteiger partial charge in [0, 0.05) is 6.04 Å². The Hall–Kier alpha value is -2.68. The number of urea groups is 1. The molecule has 2 atom stereocenters. The summed E-state index contributed by atoms with van der Waals surface area (Å²) in [6, 6.07) is 8.05. The molecule has 6 heteroatoms.